The van der Waals surface area contributed by atoms with Crippen molar-refractivity contribution in [2.75, 3.05) is 6.61 Å². The van der Waals surface area contributed by atoms with Crippen LogP contribution in [0, 0.1) is 6.92 Å². The Kier molecular flexibility index (Phi) is 6.60. The van der Waals surface area contributed by atoms with Crippen molar-refractivity contribution in [3.05, 3.63) is 65.7 Å². The highest BCUT2D eigenvalue weighted by Crippen LogP contribution is 2.30. The highest BCUT2D eigenvalue weighted by atomic mass is 16.5. The topological polar surface area (TPSA) is 68.3 Å². The summed E-state index contributed by atoms with van der Waals surface area (Å²) in [5.74, 6) is -0.810. The minimum atomic E-state index is -0.517. The van der Waals surface area contributed by atoms with Gasteiger partial charge in [0.05, 0.1) is 16.8 Å². The number of ether oxygens (including phenoxy) is 1. The number of hydrogen-bond donors (Lipinski definition) is 1. The van der Waals surface area contributed by atoms with Gasteiger partial charge in [0.1, 0.15) is 0 Å². The number of pyridine rings is 1. The van der Waals surface area contributed by atoms with E-state index in [1.165, 1.54) is 0 Å². The molecule has 1 N–H and O–H groups in total. The summed E-state index contributed by atoms with van der Waals surface area (Å²) in [6, 6.07) is 17.3. The first-order valence-electron chi connectivity index (χ1n) is 9.92. The van der Waals surface area contributed by atoms with Crippen molar-refractivity contribution < 1.29 is 14.3 Å². The summed E-state index contributed by atoms with van der Waals surface area (Å²) in [6.07, 6.45) is 1.86. The van der Waals surface area contributed by atoms with Crippen molar-refractivity contribution in [1.82, 2.24) is 10.3 Å². The van der Waals surface area contributed by atoms with Gasteiger partial charge in [-0.1, -0.05) is 61.9 Å². The molecule has 3 aromatic rings. The SMILES string of the molecule is CCC[C@@H](C)NC(=O)COC(=O)c1c(C)c(-c2ccccc2)nc2ccccc12. The summed E-state index contributed by atoms with van der Waals surface area (Å²) in [7, 11) is 0. The molecule has 1 aromatic heterocycles. The van der Waals surface area contributed by atoms with E-state index < -0.39 is 5.97 Å². The van der Waals surface area contributed by atoms with Gasteiger partial charge in [0, 0.05) is 17.0 Å². The maximum atomic E-state index is 12.9. The number of carbonyl (C=O) groups is 2. The van der Waals surface area contributed by atoms with Gasteiger partial charge in [0.15, 0.2) is 6.61 Å². The van der Waals surface area contributed by atoms with Crippen LogP contribution < -0.4 is 5.32 Å². The van der Waals surface area contributed by atoms with Gasteiger partial charge in [-0.3, -0.25) is 4.79 Å². The van der Waals surface area contributed by atoms with E-state index in [9.17, 15) is 9.59 Å². The first kappa shape index (κ1) is 20.5. The second-order valence-electron chi connectivity index (χ2n) is 7.18. The number of esters is 1. The Labute approximate surface area is 171 Å². The number of rotatable bonds is 7. The third-order valence-electron chi connectivity index (χ3n) is 4.85. The minimum Gasteiger partial charge on any atom is -0.452 e. The molecule has 0 aliphatic heterocycles. The van der Waals surface area contributed by atoms with E-state index in [0.717, 1.165) is 35.0 Å². The fourth-order valence-electron chi connectivity index (χ4n) is 3.47. The molecule has 0 spiro atoms. The fourth-order valence-corrected chi connectivity index (χ4v) is 3.47. The lowest BCUT2D eigenvalue weighted by Gasteiger charge is -2.15. The molecule has 0 saturated carbocycles. The van der Waals surface area contributed by atoms with Gasteiger partial charge in [-0.2, -0.15) is 0 Å². The van der Waals surface area contributed by atoms with E-state index in [1.807, 2.05) is 68.4 Å². The van der Waals surface area contributed by atoms with Crippen LogP contribution in [0.4, 0.5) is 0 Å². The van der Waals surface area contributed by atoms with E-state index in [2.05, 4.69) is 12.2 Å². The Morgan fingerprint density at radius 3 is 2.48 bits per heavy atom. The van der Waals surface area contributed by atoms with Crippen LogP contribution in [0.2, 0.25) is 0 Å². The molecule has 150 valence electrons. The number of nitrogens with one attached hydrogen (secondary N) is 1. The van der Waals surface area contributed by atoms with Crippen molar-refractivity contribution in [2.45, 2.75) is 39.7 Å². The highest BCUT2D eigenvalue weighted by Gasteiger charge is 2.21. The van der Waals surface area contributed by atoms with Crippen LogP contribution in [0.5, 0.6) is 0 Å². The molecule has 0 aliphatic rings. The van der Waals surface area contributed by atoms with Crippen LogP contribution in [-0.4, -0.2) is 29.5 Å². The highest BCUT2D eigenvalue weighted by molar-refractivity contribution is 6.06. The molecule has 0 radical (unpaired) electrons. The van der Waals surface area contributed by atoms with Gasteiger partial charge in [0.25, 0.3) is 5.91 Å². The quantitative estimate of drug-likeness (QED) is 0.595. The number of carbonyl (C=O) groups excluding carboxylic acids is 2. The smallest absolute Gasteiger partial charge is 0.339 e. The van der Waals surface area contributed by atoms with Gasteiger partial charge >= 0.3 is 5.97 Å². The van der Waals surface area contributed by atoms with Crippen molar-refractivity contribution in [2.24, 2.45) is 0 Å². The average Bonchev–Trinajstić information content (AvgIpc) is 2.72. The molecular formula is C24H26N2O3. The maximum Gasteiger partial charge on any atom is 0.339 e. The van der Waals surface area contributed by atoms with E-state index >= 15 is 0 Å². The fraction of sp³-hybridized carbons (Fsp3) is 0.292. The first-order valence-corrected chi connectivity index (χ1v) is 9.92. The summed E-state index contributed by atoms with van der Waals surface area (Å²) < 4.78 is 5.37. The molecule has 5 heteroatoms. The first-order chi connectivity index (χ1) is 14.0. The molecule has 5 nitrogen and oxygen atoms in total. The van der Waals surface area contributed by atoms with Crippen LogP contribution in [0.15, 0.2) is 54.6 Å². The number of benzene rings is 2. The van der Waals surface area contributed by atoms with E-state index in [1.54, 1.807) is 0 Å². The zero-order valence-corrected chi connectivity index (χ0v) is 17.1. The van der Waals surface area contributed by atoms with Crippen LogP contribution in [0.1, 0.15) is 42.6 Å². The molecule has 29 heavy (non-hydrogen) atoms. The summed E-state index contributed by atoms with van der Waals surface area (Å²) in [5.41, 5.74) is 3.56. The Hall–Kier alpha value is -3.21. The summed E-state index contributed by atoms with van der Waals surface area (Å²) in [6.45, 7) is 5.56. The second kappa shape index (κ2) is 9.32. The largest absolute Gasteiger partial charge is 0.452 e. The van der Waals surface area contributed by atoms with E-state index in [0.29, 0.717) is 11.1 Å². The molecule has 3 rings (SSSR count). The molecule has 1 atom stereocenters. The Morgan fingerprint density at radius 2 is 1.76 bits per heavy atom. The molecule has 0 bridgehead atoms. The third kappa shape index (κ3) is 4.80. The molecular weight excluding hydrogens is 364 g/mol. The predicted molar refractivity (Wildman–Crippen MR) is 115 cm³/mol. The molecule has 1 heterocycles. The van der Waals surface area contributed by atoms with E-state index in [4.69, 9.17) is 9.72 Å². The molecule has 0 saturated heterocycles. The number of aromatic nitrogens is 1. The lowest BCUT2D eigenvalue weighted by atomic mass is 9.98. The van der Waals surface area contributed by atoms with Crippen LogP contribution in [0.25, 0.3) is 22.2 Å². The molecule has 0 unspecified atom stereocenters. The standard InChI is InChI=1S/C24H26N2O3/c1-4-10-16(2)25-21(27)15-29-24(28)22-17(3)23(18-11-6-5-7-12-18)26-20-14-9-8-13-19(20)22/h5-9,11-14,16H,4,10,15H2,1-3H3,(H,25,27)/t16-/m1/s1. The molecule has 0 aliphatic carbocycles. The van der Waals surface area contributed by atoms with Crippen molar-refractivity contribution >= 4 is 22.8 Å². The van der Waals surface area contributed by atoms with Gasteiger partial charge in [-0.25, -0.2) is 9.78 Å². The van der Waals surface area contributed by atoms with Gasteiger partial charge in [-0.05, 0) is 31.9 Å². The van der Waals surface area contributed by atoms with E-state index in [-0.39, 0.29) is 18.6 Å². The number of nitrogens with zero attached hydrogens (tertiary/aromatic N) is 1. The predicted octanol–water partition coefficient (Wildman–Crippen LogP) is 4.67. The Balaban J connectivity index is 1.90. The zero-order valence-electron chi connectivity index (χ0n) is 17.1. The number of hydrogen-bond acceptors (Lipinski definition) is 4. The van der Waals surface area contributed by atoms with Gasteiger partial charge < -0.3 is 10.1 Å². The maximum absolute atomic E-state index is 12.9. The minimum absolute atomic E-state index is 0.0550. The Morgan fingerprint density at radius 1 is 1.07 bits per heavy atom. The lowest BCUT2D eigenvalue weighted by Crippen LogP contribution is -2.35. The molecule has 2 aromatic carbocycles. The van der Waals surface area contributed by atoms with Crippen LogP contribution >= 0.6 is 0 Å². The van der Waals surface area contributed by atoms with Crippen LogP contribution in [0.3, 0.4) is 0 Å². The third-order valence-corrected chi connectivity index (χ3v) is 4.85. The summed E-state index contributed by atoms with van der Waals surface area (Å²) in [5, 5.41) is 3.57. The van der Waals surface area contributed by atoms with Crippen LogP contribution in [-0.2, 0) is 9.53 Å². The lowest BCUT2D eigenvalue weighted by molar-refractivity contribution is -0.124. The van der Waals surface area contributed by atoms with Gasteiger partial charge in [0.2, 0.25) is 0 Å². The number of amides is 1. The van der Waals surface area contributed by atoms with Crippen molar-refractivity contribution in [1.29, 1.82) is 0 Å². The van der Waals surface area contributed by atoms with Gasteiger partial charge in [-0.15, -0.1) is 0 Å². The van der Waals surface area contributed by atoms with Crippen molar-refractivity contribution in [3.8, 4) is 11.3 Å². The average molecular weight is 390 g/mol. The monoisotopic (exact) mass is 390 g/mol. The van der Waals surface area contributed by atoms with Crippen molar-refractivity contribution in [3.63, 3.8) is 0 Å². The summed E-state index contributed by atoms with van der Waals surface area (Å²) in [4.78, 5) is 29.8. The zero-order chi connectivity index (χ0) is 20.8. The summed E-state index contributed by atoms with van der Waals surface area (Å²) >= 11 is 0. The normalized spacial score (nSPS) is 11.8. The molecule has 0 fully saturated rings. The molecule has 1 amide bonds. The second-order valence-corrected chi connectivity index (χ2v) is 7.18. The number of para-hydroxylation sites is 1. The number of fused-ring (bicyclic) bond motifs is 1. The Bertz CT molecular complexity index is 1020.